The summed E-state index contributed by atoms with van der Waals surface area (Å²) in [4.78, 5) is 11.3. The molecule has 0 unspecified atom stereocenters. The van der Waals surface area contributed by atoms with Gasteiger partial charge in [-0.15, -0.1) is 0 Å². The molecule has 0 bridgehead atoms. The van der Waals surface area contributed by atoms with Crippen LogP contribution in [0, 0.1) is 0 Å². The molecule has 4 heterocycles. The molecule has 61 heavy (non-hydrogen) atoms. The van der Waals surface area contributed by atoms with Crippen molar-refractivity contribution in [2.75, 3.05) is 0 Å². The number of para-hydroxylation sites is 3. The second kappa shape index (κ2) is 11.7. The molecule has 0 radical (unpaired) electrons. The van der Waals surface area contributed by atoms with E-state index in [0.29, 0.717) is 5.95 Å². The third kappa shape index (κ3) is 4.23. The lowest BCUT2D eigenvalue weighted by atomic mass is 9.82. The average Bonchev–Trinajstić information content (AvgIpc) is 3.87. The summed E-state index contributed by atoms with van der Waals surface area (Å²) in [5.74, 6) is 0.661. The zero-order valence-electron chi connectivity index (χ0n) is 33.6. The number of aromatic nitrogens is 4. The summed E-state index contributed by atoms with van der Waals surface area (Å²) in [6, 6.07) is 66.8. The smallest absolute Gasteiger partial charge is 0.235 e. The standard InChI is InChI=1S/C57H36N4/c1-57(2)45-23-11-7-18-37(45)38-29-28-34(31-46(38)57)53-43-30-27-33-15-3-4-16-35(33)54(43)59-56(58-53)61-49-26-14-10-22-42(49)51-50(61)32-44-40-20-9-13-25-48(40)60-47-24-12-8-19-39(47)36-17-5-6-21-41(36)52(51)55(44)60/h3-32H,1-2H3. The van der Waals surface area contributed by atoms with Crippen LogP contribution in [0.15, 0.2) is 182 Å². The molecule has 0 fully saturated rings. The number of benzene rings is 9. The molecule has 0 spiro atoms. The minimum absolute atomic E-state index is 0.145. The quantitative estimate of drug-likeness (QED) is 0.164. The number of hydrogen-bond acceptors (Lipinski definition) is 2. The van der Waals surface area contributed by atoms with E-state index in [2.05, 4.69) is 205 Å². The van der Waals surface area contributed by atoms with Crippen molar-refractivity contribution in [1.29, 1.82) is 0 Å². The van der Waals surface area contributed by atoms with Crippen molar-refractivity contribution in [3.05, 3.63) is 193 Å². The van der Waals surface area contributed by atoms with Crippen LogP contribution in [0.5, 0.6) is 0 Å². The predicted octanol–water partition coefficient (Wildman–Crippen LogP) is 14.6. The molecule has 2 aliphatic rings. The molecule has 1 aliphatic carbocycles. The normalized spacial score (nSPS) is 13.5. The zero-order valence-corrected chi connectivity index (χ0v) is 33.6. The van der Waals surface area contributed by atoms with Gasteiger partial charge in [0, 0.05) is 54.4 Å². The van der Waals surface area contributed by atoms with Gasteiger partial charge in [0.2, 0.25) is 5.95 Å². The minimum Gasteiger partial charge on any atom is -0.308 e. The van der Waals surface area contributed by atoms with E-state index in [9.17, 15) is 0 Å². The number of fused-ring (bicyclic) bond motifs is 18. The SMILES string of the molecule is CC1(C)c2ccccc2-c2ccc(-c3nc(-n4c5ccccc5c5c6c7c(cc54)c4ccccc4n7-c4ccccc4-c4ccccc4-6)nc4c3ccc3ccccc34)cc21. The second-order valence-electron chi connectivity index (χ2n) is 17.3. The van der Waals surface area contributed by atoms with Gasteiger partial charge in [-0.05, 0) is 75.2 Å². The molecular formula is C57H36N4. The molecular weight excluding hydrogens is 741 g/mol. The van der Waals surface area contributed by atoms with Crippen LogP contribution in [0.1, 0.15) is 25.0 Å². The third-order valence-corrected chi connectivity index (χ3v) is 13.9. The summed E-state index contributed by atoms with van der Waals surface area (Å²) < 4.78 is 4.84. The van der Waals surface area contributed by atoms with Crippen molar-refractivity contribution >= 4 is 65.3 Å². The van der Waals surface area contributed by atoms with Gasteiger partial charge >= 0.3 is 0 Å². The lowest BCUT2D eigenvalue weighted by Crippen LogP contribution is -2.15. The molecule has 0 N–H and O–H groups in total. The molecule has 0 amide bonds. The molecule has 4 heteroatoms. The van der Waals surface area contributed by atoms with E-state index < -0.39 is 0 Å². The first-order valence-electron chi connectivity index (χ1n) is 21.2. The van der Waals surface area contributed by atoms with Crippen molar-refractivity contribution in [1.82, 2.24) is 19.1 Å². The van der Waals surface area contributed by atoms with Gasteiger partial charge in [-0.2, -0.15) is 0 Å². The van der Waals surface area contributed by atoms with Crippen LogP contribution in [0.25, 0.3) is 122 Å². The minimum atomic E-state index is -0.145. The summed E-state index contributed by atoms with van der Waals surface area (Å²) >= 11 is 0. The lowest BCUT2D eigenvalue weighted by Gasteiger charge is -2.22. The van der Waals surface area contributed by atoms with E-state index in [4.69, 9.17) is 9.97 Å². The Morgan fingerprint density at radius 2 is 1.08 bits per heavy atom. The maximum absolute atomic E-state index is 5.70. The van der Waals surface area contributed by atoms with Crippen molar-refractivity contribution in [3.63, 3.8) is 0 Å². The van der Waals surface area contributed by atoms with Gasteiger partial charge in [0.1, 0.15) is 0 Å². The van der Waals surface area contributed by atoms with E-state index in [1.54, 1.807) is 0 Å². The van der Waals surface area contributed by atoms with E-state index in [1.807, 2.05) is 0 Å². The van der Waals surface area contributed by atoms with E-state index in [1.165, 1.54) is 82.8 Å². The first-order valence-corrected chi connectivity index (χ1v) is 21.2. The molecule has 1 aliphatic heterocycles. The number of nitrogens with zero attached hydrogens (tertiary/aromatic N) is 4. The van der Waals surface area contributed by atoms with Crippen LogP contribution in [0.2, 0.25) is 0 Å². The van der Waals surface area contributed by atoms with E-state index in [-0.39, 0.29) is 5.41 Å². The maximum atomic E-state index is 5.70. The molecule has 3 aromatic heterocycles. The van der Waals surface area contributed by atoms with Crippen molar-refractivity contribution in [2.24, 2.45) is 0 Å². The van der Waals surface area contributed by atoms with Crippen LogP contribution in [0.3, 0.4) is 0 Å². The first-order chi connectivity index (χ1) is 30.0. The van der Waals surface area contributed by atoms with E-state index >= 15 is 0 Å². The fourth-order valence-corrected chi connectivity index (χ4v) is 11.2. The zero-order chi connectivity index (χ0) is 40.1. The first kappa shape index (κ1) is 33.1. The molecule has 14 rings (SSSR count). The largest absolute Gasteiger partial charge is 0.308 e. The van der Waals surface area contributed by atoms with Crippen molar-refractivity contribution in [3.8, 4) is 56.3 Å². The lowest BCUT2D eigenvalue weighted by molar-refractivity contribution is 0.660. The van der Waals surface area contributed by atoms with Crippen molar-refractivity contribution < 1.29 is 0 Å². The number of hydrogen-bond donors (Lipinski definition) is 0. The molecule has 284 valence electrons. The van der Waals surface area contributed by atoms with E-state index in [0.717, 1.165) is 44.0 Å². The third-order valence-electron chi connectivity index (χ3n) is 13.9. The van der Waals surface area contributed by atoms with Crippen LogP contribution in [-0.2, 0) is 5.41 Å². The molecule has 4 nitrogen and oxygen atoms in total. The highest BCUT2D eigenvalue weighted by Crippen LogP contribution is 2.53. The molecule has 0 atom stereocenters. The van der Waals surface area contributed by atoms with Gasteiger partial charge in [0.05, 0.1) is 39.0 Å². The Kier molecular flexibility index (Phi) is 6.33. The molecule has 0 saturated heterocycles. The van der Waals surface area contributed by atoms with Gasteiger partial charge in [0.25, 0.3) is 0 Å². The van der Waals surface area contributed by atoms with Gasteiger partial charge in [-0.3, -0.25) is 4.57 Å². The highest BCUT2D eigenvalue weighted by Gasteiger charge is 2.36. The highest BCUT2D eigenvalue weighted by molar-refractivity contribution is 6.28. The Bertz CT molecular complexity index is 3920. The summed E-state index contributed by atoms with van der Waals surface area (Å²) in [7, 11) is 0. The summed E-state index contributed by atoms with van der Waals surface area (Å²) in [6.45, 7) is 4.69. The maximum Gasteiger partial charge on any atom is 0.235 e. The topological polar surface area (TPSA) is 35.6 Å². The van der Waals surface area contributed by atoms with Crippen LogP contribution < -0.4 is 0 Å². The van der Waals surface area contributed by atoms with Gasteiger partial charge < -0.3 is 4.57 Å². The fraction of sp³-hybridized carbons (Fsp3) is 0.0526. The van der Waals surface area contributed by atoms with Gasteiger partial charge in [0.15, 0.2) is 0 Å². The second-order valence-corrected chi connectivity index (χ2v) is 17.3. The van der Waals surface area contributed by atoms with Crippen LogP contribution in [0.4, 0.5) is 0 Å². The monoisotopic (exact) mass is 776 g/mol. The number of rotatable bonds is 2. The Balaban J connectivity index is 1.14. The fourth-order valence-electron chi connectivity index (χ4n) is 11.2. The Labute approximate surface area is 351 Å². The van der Waals surface area contributed by atoms with Gasteiger partial charge in [-0.25, -0.2) is 9.97 Å². The van der Waals surface area contributed by atoms with Gasteiger partial charge in [-0.1, -0.05) is 159 Å². The van der Waals surface area contributed by atoms with Crippen LogP contribution >= 0.6 is 0 Å². The Morgan fingerprint density at radius 3 is 1.93 bits per heavy atom. The summed E-state index contributed by atoms with van der Waals surface area (Å²) in [5, 5.41) is 8.12. The van der Waals surface area contributed by atoms with Crippen molar-refractivity contribution in [2.45, 2.75) is 19.3 Å². The van der Waals surface area contributed by atoms with Crippen LogP contribution in [-0.4, -0.2) is 19.1 Å². The Hall–Kier alpha value is -7.82. The summed E-state index contributed by atoms with van der Waals surface area (Å²) in [5.41, 5.74) is 18.8. The summed E-state index contributed by atoms with van der Waals surface area (Å²) in [6.07, 6.45) is 0. The molecule has 12 aromatic rings. The Morgan fingerprint density at radius 1 is 0.426 bits per heavy atom. The average molecular weight is 777 g/mol. The predicted molar refractivity (Wildman–Crippen MR) is 253 cm³/mol. The molecule has 0 saturated carbocycles. The molecule has 9 aromatic carbocycles. The highest BCUT2D eigenvalue weighted by atomic mass is 15.2.